The highest BCUT2D eigenvalue weighted by atomic mass is 16.4. The lowest BCUT2D eigenvalue weighted by molar-refractivity contribution is -0.137. The van der Waals surface area contributed by atoms with Gasteiger partial charge in [-0.25, -0.2) is 0 Å². The summed E-state index contributed by atoms with van der Waals surface area (Å²) < 4.78 is 0. The highest BCUT2D eigenvalue weighted by molar-refractivity contribution is 5.68. The number of carbonyl (C=O) groups is 1. The van der Waals surface area contributed by atoms with Crippen molar-refractivity contribution in [1.29, 1.82) is 0 Å². The number of carboxylic acids is 1. The van der Waals surface area contributed by atoms with Gasteiger partial charge in [-0.3, -0.25) is 4.79 Å². The molecule has 0 saturated carbocycles. The molecule has 3 heteroatoms. The molecule has 0 amide bonds. The maximum Gasteiger partial charge on any atom is 0.303 e. The molecule has 0 aliphatic carbocycles. The molecule has 18 heavy (non-hydrogen) atoms. The van der Waals surface area contributed by atoms with Crippen molar-refractivity contribution in [3.05, 3.63) is 35.4 Å². The second kappa shape index (κ2) is 6.01. The van der Waals surface area contributed by atoms with Crippen molar-refractivity contribution in [2.45, 2.75) is 32.1 Å². The van der Waals surface area contributed by atoms with Crippen LogP contribution in [0.3, 0.4) is 0 Å². The molecule has 1 aromatic carbocycles. The molecule has 1 unspecified atom stereocenters. The molecule has 0 aromatic heterocycles. The zero-order valence-electron chi connectivity index (χ0n) is 10.9. The number of piperidine rings is 1. The highest BCUT2D eigenvalue weighted by Crippen LogP contribution is 2.33. The maximum absolute atomic E-state index is 11.1. The Bertz CT molecular complexity index is 393. The Morgan fingerprint density at radius 3 is 2.50 bits per heavy atom. The van der Waals surface area contributed by atoms with Crippen LogP contribution in [0.1, 0.15) is 36.3 Å². The van der Waals surface area contributed by atoms with Gasteiger partial charge in [-0.05, 0) is 50.3 Å². The van der Waals surface area contributed by atoms with E-state index in [0.717, 1.165) is 25.9 Å². The summed E-state index contributed by atoms with van der Waals surface area (Å²) in [5.74, 6) is -0.0469. The third-order valence-electron chi connectivity index (χ3n) is 3.85. The lowest BCUT2D eigenvalue weighted by Gasteiger charge is -2.30. The summed E-state index contributed by atoms with van der Waals surface area (Å²) in [7, 11) is 0. The monoisotopic (exact) mass is 247 g/mol. The fourth-order valence-corrected chi connectivity index (χ4v) is 2.81. The van der Waals surface area contributed by atoms with Crippen molar-refractivity contribution in [1.82, 2.24) is 5.32 Å². The van der Waals surface area contributed by atoms with Gasteiger partial charge in [0.1, 0.15) is 0 Å². The molecule has 1 atom stereocenters. The van der Waals surface area contributed by atoms with Gasteiger partial charge >= 0.3 is 5.97 Å². The minimum absolute atomic E-state index is 0.158. The van der Waals surface area contributed by atoms with E-state index in [4.69, 9.17) is 5.11 Å². The number of hydrogen-bond donors (Lipinski definition) is 2. The molecule has 1 heterocycles. The first kappa shape index (κ1) is 13.1. The van der Waals surface area contributed by atoms with Crippen LogP contribution in [-0.2, 0) is 4.79 Å². The van der Waals surface area contributed by atoms with Crippen LogP contribution in [0.4, 0.5) is 0 Å². The first-order chi connectivity index (χ1) is 8.66. The quantitative estimate of drug-likeness (QED) is 0.859. The zero-order valence-corrected chi connectivity index (χ0v) is 10.9. The number of carboxylic acid groups (broad SMARTS) is 1. The fraction of sp³-hybridized carbons (Fsp3) is 0.533. The van der Waals surface area contributed by atoms with Crippen LogP contribution in [0.15, 0.2) is 24.3 Å². The van der Waals surface area contributed by atoms with Gasteiger partial charge < -0.3 is 10.4 Å². The van der Waals surface area contributed by atoms with E-state index in [1.165, 1.54) is 11.1 Å². The first-order valence-corrected chi connectivity index (χ1v) is 6.66. The average Bonchev–Trinajstić information content (AvgIpc) is 2.38. The van der Waals surface area contributed by atoms with Gasteiger partial charge in [0.25, 0.3) is 0 Å². The number of hydrogen-bond acceptors (Lipinski definition) is 2. The Labute approximate surface area is 108 Å². The molecule has 1 saturated heterocycles. The second-order valence-electron chi connectivity index (χ2n) is 5.20. The van der Waals surface area contributed by atoms with Crippen LogP contribution >= 0.6 is 0 Å². The molecule has 0 spiro atoms. The maximum atomic E-state index is 11.1. The van der Waals surface area contributed by atoms with E-state index in [2.05, 4.69) is 36.5 Å². The fourth-order valence-electron chi connectivity index (χ4n) is 2.81. The van der Waals surface area contributed by atoms with Gasteiger partial charge in [-0.2, -0.15) is 0 Å². The predicted molar refractivity (Wildman–Crippen MR) is 71.8 cm³/mol. The van der Waals surface area contributed by atoms with E-state index in [9.17, 15) is 4.79 Å². The van der Waals surface area contributed by atoms with Crippen LogP contribution in [0, 0.1) is 12.8 Å². The van der Waals surface area contributed by atoms with Crippen LogP contribution in [0.2, 0.25) is 0 Å². The Morgan fingerprint density at radius 1 is 1.33 bits per heavy atom. The minimum Gasteiger partial charge on any atom is -0.481 e. The van der Waals surface area contributed by atoms with Gasteiger partial charge in [-0.1, -0.05) is 29.8 Å². The summed E-state index contributed by atoms with van der Waals surface area (Å²) in [5.41, 5.74) is 2.40. The number of rotatable bonds is 4. The lowest BCUT2D eigenvalue weighted by Crippen LogP contribution is -2.31. The van der Waals surface area contributed by atoms with Gasteiger partial charge in [0.2, 0.25) is 0 Å². The van der Waals surface area contributed by atoms with Crippen molar-refractivity contribution in [2.24, 2.45) is 5.92 Å². The third kappa shape index (κ3) is 3.33. The van der Waals surface area contributed by atoms with Crippen molar-refractivity contribution < 1.29 is 9.90 Å². The average molecular weight is 247 g/mol. The van der Waals surface area contributed by atoms with E-state index in [-0.39, 0.29) is 12.3 Å². The topological polar surface area (TPSA) is 49.3 Å². The molecule has 0 bridgehead atoms. The summed E-state index contributed by atoms with van der Waals surface area (Å²) in [4.78, 5) is 11.1. The molecule has 98 valence electrons. The van der Waals surface area contributed by atoms with E-state index in [1.807, 2.05) is 0 Å². The van der Waals surface area contributed by atoms with Gasteiger partial charge in [0, 0.05) is 0 Å². The van der Waals surface area contributed by atoms with Crippen LogP contribution in [-0.4, -0.2) is 24.2 Å². The second-order valence-corrected chi connectivity index (χ2v) is 5.20. The molecule has 2 N–H and O–H groups in total. The SMILES string of the molecule is Cc1ccc(C(CC(=O)O)C2CCNCC2)cc1. The predicted octanol–water partition coefficient (Wildman–Crippen LogP) is 2.55. The Morgan fingerprint density at radius 2 is 1.94 bits per heavy atom. The van der Waals surface area contributed by atoms with E-state index in [0.29, 0.717) is 5.92 Å². The van der Waals surface area contributed by atoms with E-state index in [1.54, 1.807) is 0 Å². The summed E-state index contributed by atoms with van der Waals surface area (Å²) in [6, 6.07) is 8.33. The number of aryl methyl sites for hydroxylation is 1. The molecule has 2 rings (SSSR count). The number of benzene rings is 1. The number of aliphatic carboxylic acids is 1. The van der Waals surface area contributed by atoms with Gasteiger partial charge in [0.15, 0.2) is 0 Å². The van der Waals surface area contributed by atoms with Crippen molar-refractivity contribution >= 4 is 5.97 Å². The normalized spacial score (nSPS) is 18.5. The lowest BCUT2D eigenvalue weighted by atomic mass is 9.78. The molecule has 3 nitrogen and oxygen atoms in total. The zero-order chi connectivity index (χ0) is 13.0. The summed E-state index contributed by atoms with van der Waals surface area (Å²) >= 11 is 0. The van der Waals surface area contributed by atoms with Crippen molar-refractivity contribution in [3.8, 4) is 0 Å². The van der Waals surface area contributed by atoms with Crippen molar-refractivity contribution in [3.63, 3.8) is 0 Å². The van der Waals surface area contributed by atoms with Gasteiger partial charge in [-0.15, -0.1) is 0 Å². The first-order valence-electron chi connectivity index (χ1n) is 6.66. The molecular weight excluding hydrogens is 226 g/mol. The Balaban J connectivity index is 2.17. The molecular formula is C15H21NO2. The Kier molecular flexibility index (Phi) is 4.37. The molecule has 1 aromatic rings. The minimum atomic E-state index is -0.695. The summed E-state index contributed by atoms with van der Waals surface area (Å²) in [6.07, 6.45) is 2.39. The standard InChI is InChI=1S/C15H21NO2/c1-11-2-4-12(5-3-11)14(10-15(17)18)13-6-8-16-9-7-13/h2-5,13-14,16H,6-10H2,1H3,(H,17,18). The summed E-state index contributed by atoms with van der Waals surface area (Å²) in [5, 5.41) is 12.5. The highest BCUT2D eigenvalue weighted by Gasteiger charge is 2.26. The van der Waals surface area contributed by atoms with Crippen LogP contribution in [0.25, 0.3) is 0 Å². The molecule has 1 aliphatic heterocycles. The molecule has 0 radical (unpaired) electrons. The van der Waals surface area contributed by atoms with Gasteiger partial charge in [0.05, 0.1) is 6.42 Å². The molecule has 1 aliphatic rings. The van der Waals surface area contributed by atoms with E-state index >= 15 is 0 Å². The Hall–Kier alpha value is -1.35. The van der Waals surface area contributed by atoms with Crippen LogP contribution < -0.4 is 5.32 Å². The largest absolute Gasteiger partial charge is 0.481 e. The van der Waals surface area contributed by atoms with Crippen LogP contribution in [0.5, 0.6) is 0 Å². The summed E-state index contributed by atoms with van der Waals surface area (Å²) in [6.45, 7) is 4.07. The third-order valence-corrected chi connectivity index (χ3v) is 3.85. The molecule has 1 fully saturated rings. The number of nitrogens with one attached hydrogen (secondary N) is 1. The van der Waals surface area contributed by atoms with Crippen molar-refractivity contribution in [2.75, 3.05) is 13.1 Å². The van der Waals surface area contributed by atoms with E-state index < -0.39 is 5.97 Å². The smallest absolute Gasteiger partial charge is 0.303 e.